The fraction of sp³-hybridized carbons (Fsp3) is 0.200. The third kappa shape index (κ3) is 4.32. The number of benzene rings is 2. The summed E-state index contributed by atoms with van der Waals surface area (Å²) in [5.41, 5.74) is 3.20. The first-order valence-corrected chi connectivity index (χ1v) is 8.25. The molecule has 3 aromatic rings. The zero-order valence-corrected chi connectivity index (χ0v) is 14.5. The molecule has 0 bridgehead atoms. The lowest BCUT2D eigenvalue weighted by atomic mass is 10.1. The van der Waals surface area contributed by atoms with Crippen LogP contribution in [0.4, 0.5) is 21.8 Å². The second-order valence-corrected chi connectivity index (χ2v) is 6.22. The van der Waals surface area contributed by atoms with Gasteiger partial charge in [-0.05, 0) is 44.5 Å². The van der Waals surface area contributed by atoms with Crippen molar-refractivity contribution in [2.75, 3.05) is 10.6 Å². The molecule has 1 aromatic heterocycles. The topological polar surface area (TPSA) is 49.8 Å². The standard InChI is InChI=1S/C20H21FN4/c1-13(2)22-20-24-18(15-7-5-4-6-8-15)12-19(25-20)23-16-9-10-17(21)14(3)11-16/h4-13H,1-3H3,(H2,22,23,24,25). The van der Waals surface area contributed by atoms with Crippen molar-refractivity contribution in [3.63, 3.8) is 0 Å². The third-order valence-corrected chi connectivity index (χ3v) is 3.64. The minimum atomic E-state index is -0.222. The second kappa shape index (κ2) is 7.30. The van der Waals surface area contributed by atoms with Crippen molar-refractivity contribution in [2.24, 2.45) is 0 Å². The molecule has 0 atom stereocenters. The summed E-state index contributed by atoms with van der Waals surface area (Å²) in [6, 6.07) is 16.9. The monoisotopic (exact) mass is 336 g/mol. The van der Waals surface area contributed by atoms with E-state index in [1.54, 1.807) is 19.1 Å². The predicted molar refractivity (Wildman–Crippen MR) is 101 cm³/mol. The fourth-order valence-corrected chi connectivity index (χ4v) is 2.46. The minimum Gasteiger partial charge on any atom is -0.352 e. The van der Waals surface area contributed by atoms with Crippen LogP contribution in [0.2, 0.25) is 0 Å². The highest BCUT2D eigenvalue weighted by molar-refractivity contribution is 5.67. The second-order valence-electron chi connectivity index (χ2n) is 6.22. The van der Waals surface area contributed by atoms with Crippen LogP contribution in [-0.2, 0) is 0 Å². The van der Waals surface area contributed by atoms with Gasteiger partial charge < -0.3 is 10.6 Å². The SMILES string of the molecule is Cc1cc(Nc2cc(-c3ccccc3)nc(NC(C)C)n2)ccc1F. The summed E-state index contributed by atoms with van der Waals surface area (Å²) in [6.45, 7) is 5.81. The van der Waals surface area contributed by atoms with Crippen LogP contribution in [0.25, 0.3) is 11.3 Å². The maximum Gasteiger partial charge on any atom is 0.225 e. The molecule has 3 rings (SSSR count). The molecule has 2 N–H and O–H groups in total. The lowest BCUT2D eigenvalue weighted by Gasteiger charge is -2.13. The Hall–Kier alpha value is -2.95. The van der Waals surface area contributed by atoms with Gasteiger partial charge in [0.1, 0.15) is 11.6 Å². The Bertz CT molecular complexity index is 863. The van der Waals surface area contributed by atoms with E-state index >= 15 is 0 Å². The number of aromatic nitrogens is 2. The summed E-state index contributed by atoms with van der Waals surface area (Å²) < 4.78 is 13.5. The summed E-state index contributed by atoms with van der Waals surface area (Å²) in [7, 11) is 0. The molecular formula is C20H21FN4. The number of aryl methyl sites for hydroxylation is 1. The Morgan fingerprint density at radius 1 is 0.960 bits per heavy atom. The van der Waals surface area contributed by atoms with Crippen molar-refractivity contribution < 1.29 is 4.39 Å². The number of anilines is 3. The summed E-state index contributed by atoms with van der Waals surface area (Å²) in [5, 5.41) is 6.48. The van der Waals surface area contributed by atoms with E-state index in [0.717, 1.165) is 16.9 Å². The Balaban J connectivity index is 1.98. The lowest BCUT2D eigenvalue weighted by Crippen LogP contribution is -2.13. The first kappa shape index (κ1) is 16.9. The first-order chi connectivity index (χ1) is 12.0. The molecule has 0 amide bonds. The molecule has 4 nitrogen and oxygen atoms in total. The van der Waals surface area contributed by atoms with Crippen molar-refractivity contribution in [1.82, 2.24) is 9.97 Å². The normalized spacial score (nSPS) is 10.8. The van der Waals surface area contributed by atoms with Crippen molar-refractivity contribution in [3.05, 3.63) is 66.0 Å². The highest BCUT2D eigenvalue weighted by Crippen LogP contribution is 2.24. The fourth-order valence-electron chi connectivity index (χ4n) is 2.46. The van der Waals surface area contributed by atoms with Crippen molar-refractivity contribution in [2.45, 2.75) is 26.8 Å². The summed E-state index contributed by atoms with van der Waals surface area (Å²) >= 11 is 0. The van der Waals surface area contributed by atoms with E-state index in [1.807, 2.05) is 50.2 Å². The Kier molecular flexibility index (Phi) is 4.93. The zero-order valence-electron chi connectivity index (χ0n) is 14.5. The van der Waals surface area contributed by atoms with Crippen molar-refractivity contribution in [3.8, 4) is 11.3 Å². The molecule has 0 aliphatic heterocycles. The molecule has 0 aliphatic rings. The van der Waals surface area contributed by atoms with Gasteiger partial charge in [0.15, 0.2) is 0 Å². The van der Waals surface area contributed by atoms with Crippen LogP contribution >= 0.6 is 0 Å². The van der Waals surface area contributed by atoms with Crippen LogP contribution < -0.4 is 10.6 Å². The van der Waals surface area contributed by atoms with Gasteiger partial charge in [-0.3, -0.25) is 0 Å². The molecule has 0 unspecified atom stereocenters. The van der Waals surface area contributed by atoms with E-state index in [0.29, 0.717) is 17.3 Å². The molecule has 0 radical (unpaired) electrons. The van der Waals surface area contributed by atoms with Gasteiger partial charge in [0.2, 0.25) is 5.95 Å². The van der Waals surface area contributed by atoms with Gasteiger partial charge in [-0.2, -0.15) is 4.98 Å². The smallest absolute Gasteiger partial charge is 0.225 e. The van der Waals surface area contributed by atoms with Gasteiger partial charge in [0.05, 0.1) is 5.69 Å². The summed E-state index contributed by atoms with van der Waals surface area (Å²) in [5.74, 6) is 0.987. The van der Waals surface area contributed by atoms with Gasteiger partial charge >= 0.3 is 0 Å². The largest absolute Gasteiger partial charge is 0.352 e. The Morgan fingerprint density at radius 2 is 1.72 bits per heavy atom. The highest BCUT2D eigenvalue weighted by atomic mass is 19.1. The van der Waals surface area contributed by atoms with Crippen LogP contribution in [-0.4, -0.2) is 16.0 Å². The summed E-state index contributed by atoms with van der Waals surface area (Å²) in [6.07, 6.45) is 0. The lowest BCUT2D eigenvalue weighted by molar-refractivity contribution is 0.619. The number of rotatable bonds is 5. The van der Waals surface area contributed by atoms with Crippen molar-refractivity contribution in [1.29, 1.82) is 0 Å². The number of hydrogen-bond acceptors (Lipinski definition) is 4. The van der Waals surface area contributed by atoms with E-state index in [-0.39, 0.29) is 11.9 Å². The van der Waals surface area contributed by atoms with E-state index in [9.17, 15) is 4.39 Å². The molecule has 128 valence electrons. The van der Waals surface area contributed by atoms with E-state index < -0.39 is 0 Å². The number of halogens is 1. The first-order valence-electron chi connectivity index (χ1n) is 8.25. The maximum absolute atomic E-state index is 13.5. The molecule has 0 saturated carbocycles. The quantitative estimate of drug-likeness (QED) is 0.676. The molecule has 0 fully saturated rings. The van der Waals surface area contributed by atoms with E-state index in [1.165, 1.54) is 6.07 Å². The van der Waals surface area contributed by atoms with Gasteiger partial charge in [0.25, 0.3) is 0 Å². The summed E-state index contributed by atoms with van der Waals surface area (Å²) in [4.78, 5) is 9.11. The van der Waals surface area contributed by atoms with Crippen LogP contribution in [0.3, 0.4) is 0 Å². The van der Waals surface area contributed by atoms with Gasteiger partial charge in [-0.25, -0.2) is 9.37 Å². The van der Waals surface area contributed by atoms with Crippen LogP contribution in [0.15, 0.2) is 54.6 Å². The van der Waals surface area contributed by atoms with Crippen molar-refractivity contribution >= 4 is 17.5 Å². The average molecular weight is 336 g/mol. The predicted octanol–water partition coefficient (Wildman–Crippen LogP) is 5.16. The molecule has 5 heteroatoms. The molecule has 1 heterocycles. The number of hydrogen-bond donors (Lipinski definition) is 2. The number of nitrogens with one attached hydrogen (secondary N) is 2. The van der Waals surface area contributed by atoms with E-state index in [2.05, 4.69) is 20.6 Å². The average Bonchev–Trinajstić information content (AvgIpc) is 2.58. The maximum atomic E-state index is 13.5. The van der Waals surface area contributed by atoms with Gasteiger partial charge in [-0.1, -0.05) is 30.3 Å². The molecule has 0 saturated heterocycles. The van der Waals surface area contributed by atoms with Crippen LogP contribution in [0, 0.1) is 12.7 Å². The Morgan fingerprint density at radius 3 is 2.40 bits per heavy atom. The van der Waals surface area contributed by atoms with Crippen LogP contribution in [0.5, 0.6) is 0 Å². The van der Waals surface area contributed by atoms with Gasteiger partial charge in [0, 0.05) is 23.4 Å². The molecule has 2 aromatic carbocycles. The molecule has 0 aliphatic carbocycles. The molecule has 0 spiro atoms. The van der Waals surface area contributed by atoms with Gasteiger partial charge in [-0.15, -0.1) is 0 Å². The third-order valence-electron chi connectivity index (χ3n) is 3.64. The number of nitrogens with zero attached hydrogens (tertiary/aromatic N) is 2. The highest BCUT2D eigenvalue weighted by Gasteiger charge is 2.09. The Labute approximate surface area is 147 Å². The van der Waals surface area contributed by atoms with E-state index in [4.69, 9.17) is 0 Å². The minimum absolute atomic E-state index is 0.215. The van der Waals surface area contributed by atoms with Crippen LogP contribution in [0.1, 0.15) is 19.4 Å². The molecule has 25 heavy (non-hydrogen) atoms. The molecular weight excluding hydrogens is 315 g/mol. The zero-order chi connectivity index (χ0) is 17.8.